The minimum absolute atomic E-state index is 0.0685. The van der Waals surface area contributed by atoms with Crippen molar-refractivity contribution in [2.24, 2.45) is 0 Å². The third-order valence-electron chi connectivity index (χ3n) is 2.54. The van der Waals surface area contributed by atoms with E-state index in [0.29, 0.717) is 19.2 Å². The highest BCUT2D eigenvalue weighted by Crippen LogP contribution is 2.35. The Morgan fingerprint density at radius 1 is 1.56 bits per heavy atom. The van der Waals surface area contributed by atoms with Gasteiger partial charge in [0.2, 0.25) is 5.75 Å². The van der Waals surface area contributed by atoms with E-state index in [1.165, 1.54) is 12.8 Å². The summed E-state index contributed by atoms with van der Waals surface area (Å²) in [7, 11) is 0. The van der Waals surface area contributed by atoms with Gasteiger partial charge in [-0.15, -0.1) is 0 Å². The number of ether oxygens (including phenoxy) is 1. The van der Waals surface area contributed by atoms with E-state index >= 15 is 0 Å². The zero-order valence-electron chi connectivity index (χ0n) is 9.49. The Bertz CT molecular complexity index is 466. The van der Waals surface area contributed by atoms with Gasteiger partial charge >= 0.3 is 5.69 Å². The van der Waals surface area contributed by atoms with E-state index in [9.17, 15) is 14.5 Å². The summed E-state index contributed by atoms with van der Waals surface area (Å²) in [6, 6.07) is 2.56. The van der Waals surface area contributed by atoms with Gasteiger partial charge in [-0.05, 0) is 34.8 Å². The summed E-state index contributed by atoms with van der Waals surface area (Å²) in [6.07, 6.45) is 2.33. The molecule has 2 rings (SSSR count). The monoisotopic (exact) mass is 318 g/mol. The first-order chi connectivity index (χ1) is 8.58. The van der Waals surface area contributed by atoms with Crippen molar-refractivity contribution < 1.29 is 14.1 Å². The Morgan fingerprint density at radius 3 is 2.89 bits per heavy atom. The topological polar surface area (TPSA) is 64.4 Å². The van der Waals surface area contributed by atoms with E-state index < -0.39 is 10.7 Å². The molecule has 1 saturated carbocycles. The molecule has 0 aromatic heterocycles. The van der Waals surface area contributed by atoms with Gasteiger partial charge in [-0.3, -0.25) is 10.1 Å². The molecule has 5 nitrogen and oxygen atoms in total. The van der Waals surface area contributed by atoms with Gasteiger partial charge in [0.25, 0.3) is 0 Å². The molecule has 18 heavy (non-hydrogen) atoms. The van der Waals surface area contributed by atoms with Gasteiger partial charge in [-0.2, -0.15) is 0 Å². The predicted molar refractivity (Wildman–Crippen MR) is 67.3 cm³/mol. The van der Waals surface area contributed by atoms with E-state index in [4.69, 9.17) is 4.74 Å². The molecule has 0 spiro atoms. The van der Waals surface area contributed by atoms with E-state index in [-0.39, 0.29) is 15.9 Å². The summed E-state index contributed by atoms with van der Waals surface area (Å²) in [5.41, 5.74) is -0.367. The van der Waals surface area contributed by atoms with Crippen LogP contribution in [0.15, 0.2) is 16.6 Å². The predicted octanol–water partition coefficient (Wildman–Crippen LogP) is 2.63. The maximum atomic E-state index is 13.1. The molecule has 1 N–H and O–H groups in total. The first-order valence-corrected chi connectivity index (χ1v) is 6.37. The van der Waals surface area contributed by atoms with Gasteiger partial charge < -0.3 is 10.1 Å². The lowest BCUT2D eigenvalue weighted by molar-refractivity contribution is -0.386. The lowest BCUT2D eigenvalue weighted by atomic mass is 10.3. The van der Waals surface area contributed by atoms with Crippen LogP contribution in [-0.2, 0) is 0 Å². The molecule has 98 valence electrons. The minimum Gasteiger partial charge on any atom is -0.485 e. The molecule has 1 aromatic rings. The normalized spacial score (nSPS) is 14.6. The summed E-state index contributed by atoms with van der Waals surface area (Å²) in [5, 5.41) is 14.0. The Hall–Kier alpha value is -1.21. The van der Waals surface area contributed by atoms with Crippen LogP contribution in [-0.4, -0.2) is 24.1 Å². The smallest absolute Gasteiger partial charge is 0.315 e. The molecule has 0 atom stereocenters. The fourth-order valence-electron chi connectivity index (χ4n) is 1.53. The van der Waals surface area contributed by atoms with Crippen molar-refractivity contribution in [3.8, 4) is 5.75 Å². The second-order valence-corrected chi connectivity index (χ2v) is 4.92. The third kappa shape index (κ3) is 3.39. The first-order valence-electron chi connectivity index (χ1n) is 5.57. The van der Waals surface area contributed by atoms with E-state index in [0.717, 1.165) is 12.1 Å². The molecule has 7 heteroatoms. The van der Waals surface area contributed by atoms with Crippen molar-refractivity contribution in [1.82, 2.24) is 5.32 Å². The fraction of sp³-hybridized carbons (Fsp3) is 0.455. The molecule has 0 radical (unpaired) electrons. The van der Waals surface area contributed by atoms with Crippen LogP contribution < -0.4 is 10.1 Å². The van der Waals surface area contributed by atoms with Crippen LogP contribution in [0.25, 0.3) is 0 Å². The average Bonchev–Trinajstić information content (AvgIpc) is 3.09. The SMILES string of the molecule is O=[N+]([O-])c1cc(F)cc(Br)c1OCCNC1CC1. The lowest BCUT2D eigenvalue weighted by Crippen LogP contribution is -2.23. The molecule has 0 aliphatic heterocycles. The number of nitrogens with zero attached hydrogens (tertiary/aromatic N) is 1. The molecule has 1 aromatic carbocycles. The Kier molecular flexibility index (Phi) is 4.13. The molecular formula is C11H12BrFN2O3. The second kappa shape index (κ2) is 5.62. The van der Waals surface area contributed by atoms with E-state index in [1.807, 2.05) is 0 Å². The first kappa shape index (κ1) is 13.2. The largest absolute Gasteiger partial charge is 0.485 e. The number of nitro groups is 1. The van der Waals surface area contributed by atoms with E-state index in [2.05, 4.69) is 21.2 Å². The Balaban J connectivity index is 2.02. The number of benzene rings is 1. The van der Waals surface area contributed by atoms with Crippen LogP contribution in [0.3, 0.4) is 0 Å². The van der Waals surface area contributed by atoms with Gasteiger partial charge in [0.05, 0.1) is 15.5 Å². The van der Waals surface area contributed by atoms with Crippen molar-refractivity contribution in [3.05, 3.63) is 32.5 Å². The standard InChI is InChI=1S/C11H12BrFN2O3/c12-9-5-7(13)6-10(15(16)17)11(9)18-4-3-14-8-1-2-8/h5-6,8,14H,1-4H2. The summed E-state index contributed by atoms with van der Waals surface area (Å²) >= 11 is 3.07. The van der Waals surface area contributed by atoms with E-state index in [1.54, 1.807) is 0 Å². The number of nitrogens with one attached hydrogen (secondary N) is 1. The molecule has 1 fully saturated rings. The highest BCUT2D eigenvalue weighted by atomic mass is 79.9. The zero-order chi connectivity index (χ0) is 13.1. The van der Waals surface area contributed by atoms with Crippen molar-refractivity contribution in [3.63, 3.8) is 0 Å². The van der Waals surface area contributed by atoms with Crippen LogP contribution in [0.5, 0.6) is 5.75 Å². The average molecular weight is 319 g/mol. The molecule has 1 aliphatic carbocycles. The molecule has 0 amide bonds. The maximum absolute atomic E-state index is 13.1. The fourth-order valence-corrected chi connectivity index (χ4v) is 2.07. The van der Waals surface area contributed by atoms with Crippen molar-refractivity contribution >= 4 is 21.6 Å². The van der Waals surface area contributed by atoms with Crippen LogP contribution in [0.4, 0.5) is 10.1 Å². The Morgan fingerprint density at radius 2 is 2.28 bits per heavy atom. The lowest BCUT2D eigenvalue weighted by Gasteiger charge is -2.09. The van der Waals surface area contributed by atoms with Gasteiger partial charge in [0.1, 0.15) is 12.4 Å². The number of rotatable bonds is 6. The van der Waals surface area contributed by atoms with Crippen molar-refractivity contribution in [1.29, 1.82) is 0 Å². The van der Waals surface area contributed by atoms with Gasteiger partial charge in [-0.25, -0.2) is 4.39 Å². The quantitative estimate of drug-likeness (QED) is 0.497. The molecule has 1 aliphatic rings. The number of hydrogen-bond acceptors (Lipinski definition) is 4. The molecule has 0 heterocycles. The highest BCUT2D eigenvalue weighted by molar-refractivity contribution is 9.10. The summed E-state index contributed by atoms with van der Waals surface area (Å²) in [6.45, 7) is 0.924. The summed E-state index contributed by atoms with van der Waals surface area (Å²) < 4.78 is 18.7. The minimum atomic E-state index is -0.669. The molecular weight excluding hydrogens is 307 g/mol. The molecule has 0 unspecified atom stereocenters. The number of hydrogen-bond donors (Lipinski definition) is 1. The summed E-state index contributed by atoms with van der Waals surface area (Å²) in [5.74, 6) is -0.601. The maximum Gasteiger partial charge on any atom is 0.315 e. The van der Waals surface area contributed by atoms with Crippen LogP contribution >= 0.6 is 15.9 Å². The summed E-state index contributed by atoms with van der Waals surface area (Å²) in [4.78, 5) is 10.1. The second-order valence-electron chi connectivity index (χ2n) is 4.07. The van der Waals surface area contributed by atoms with Crippen LogP contribution in [0.1, 0.15) is 12.8 Å². The van der Waals surface area contributed by atoms with Gasteiger partial charge in [0, 0.05) is 12.6 Å². The van der Waals surface area contributed by atoms with Crippen LogP contribution in [0, 0.1) is 15.9 Å². The number of halogens is 2. The zero-order valence-corrected chi connectivity index (χ0v) is 11.1. The van der Waals surface area contributed by atoms with Crippen molar-refractivity contribution in [2.45, 2.75) is 18.9 Å². The third-order valence-corrected chi connectivity index (χ3v) is 3.13. The highest BCUT2D eigenvalue weighted by Gasteiger charge is 2.22. The molecule has 0 bridgehead atoms. The van der Waals surface area contributed by atoms with Gasteiger partial charge in [0.15, 0.2) is 0 Å². The molecule has 0 saturated heterocycles. The Labute approximate surface area is 112 Å². The van der Waals surface area contributed by atoms with Crippen molar-refractivity contribution in [2.75, 3.05) is 13.2 Å². The van der Waals surface area contributed by atoms with Gasteiger partial charge in [-0.1, -0.05) is 0 Å². The van der Waals surface area contributed by atoms with Crippen LogP contribution in [0.2, 0.25) is 0 Å². The number of nitro benzene ring substituents is 1.